The van der Waals surface area contributed by atoms with Crippen LogP contribution in [0.4, 0.5) is 4.79 Å². The van der Waals surface area contributed by atoms with Gasteiger partial charge in [-0.05, 0) is 11.3 Å². The van der Waals surface area contributed by atoms with Crippen LogP contribution in [0.15, 0.2) is 4.52 Å². The zero-order chi connectivity index (χ0) is 16.3. The highest BCUT2D eigenvalue weighted by atomic mass is 16.5. The average molecular weight is 310 g/mol. The molecular formula is C15H26N4O3. The predicted molar refractivity (Wildman–Crippen MR) is 81.3 cm³/mol. The topological polar surface area (TPSA) is 80.5 Å². The highest BCUT2D eigenvalue weighted by molar-refractivity contribution is 5.74. The molecule has 2 amide bonds. The molecule has 2 rings (SSSR count). The molecule has 7 heteroatoms. The molecule has 0 aliphatic carbocycles. The summed E-state index contributed by atoms with van der Waals surface area (Å²) in [5.41, 5.74) is 0.0616. The number of urea groups is 1. The van der Waals surface area contributed by atoms with Crippen molar-refractivity contribution >= 4 is 6.03 Å². The molecule has 0 unspecified atom stereocenters. The minimum atomic E-state index is -0.324. The van der Waals surface area contributed by atoms with Crippen LogP contribution in [0.1, 0.15) is 45.5 Å². The van der Waals surface area contributed by atoms with Gasteiger partial charge in [0.05, 0.1) is 13.2 Å². The highest BCUT2D eigenvalue weighted by Crippen LogP contribution is 2.25. The van der Waals surface area contributed by atoms with E-state index < -0.39 is 0 Å². The fraction of sp³-hybridized carbons (Fsp3) is 0.800. The van der Waals surface area contributed by atoms with Gasteiger partial charge in [-0.15, -0.1) is 0 Å². The van der Waals surface area contributed by atoms with Crippen LogP contribution in [-0.2, 0) is 4.74 Å². The number of morpholine rings is 1. The second kappa shape index (κ2) is 6.64. The second-order valence-corrected chi connectivity index (χ2v) is 6.78. The predicted octanol–water partition coefficient (Wildman–Crippen LogP) is 2.14. The Kier molecular flexibility index (Phi) is 5.05. The fourth-order valence-corrected chi connectivity index (χ4v) is 2.06. The molecule has 1 aromatic heterocycles. The van der Waals surface area contributed by atoms with Gasteiger partial charge >= 0.3 is 6.03 Å². The summed E-state index contributed by atoms with van der Waals surface area (Å²) >= 11 is 0. The number of nitrogens with one attached hydrogen (secondary N) is 1. The monoisotopic (exact) mass is 310 g/mol. The normalized spacial score (nSPS) is 19.5. The maximum atomic E-state index is 12.3. The van der Waals surface area contributed by atoms with Crippen LogP contribution in [0.3, 0.4) is 0 Å². The van der Waals surface area contributed by atoms with Gasteiger partial charge in [-0.1, -0.05) is 32.9 Å². The molecule has 1 N–H and O–H groups in total. The van der Waals surface area contributed by atoms with E-state index in [1.165, 1.54) is 0 Å². The van der Waals surface area contributed by atoms with Crippen molar-refractivity contribution < 1.29 is 14.1 Å². The number of hydrogen-bond donors (Lipinski definition) is 1. The number of nitrogens with zero attached hydrogens (tertiary/aromatic N) is 3. The first-order valence-electron chi connectivity index (χ1n) is 7.74. The van der Waals surface area contributed by atoms with Crippen molar-refractivity contribution in [2.45, 2.75) is 40.7 Å². The van der Waals surface area contributed by atoms with E-state index in [9.17, 15) is 4.79 Å². The molecule has 7 nitrogen and oxygen atoms in total. The first kappa shape index (κ1) is 16.7. The SMILES string of the molecule is Cc1nc([C@@H]2CN(C(=O)NCC(C)(C)C(C)C)CCO2)no1. The summed E-state index contributed by atoms with van der Waals surface area (Å²) in [4.78, 5) is 18.3. The molecule has 0 saturated carbocycles. The molecule has 22 heavy (non-hydrogen) atoms. The van der Waals surface area contributed by atoms with Gasteiger partial charge in [-0.25, -0.2) is 4.79 Å². The molecule has 2 heterocycles. The minimum absolute atomic E-state index is 0.0616. The lowest BCUT2D eigenvalue weighted by Gasteiger charge is -2.34. The maximum absolute atomic E-state index is 12.3. The molecule has 1 atom stereocenters. The number of hydrogen-bond acceptors (Lipinski definition) is 5. The fourth-order valence-electron chi connectivity index (χ4n) is 2.06. The van der Waals surface area contributed by atoms with E-state index in [1.807, 2.05) is 0 Å². The van der Waals surface area contributed by atoms with Crippen molar-refractivity contribution in [3.63, 3.8) is 0 Å². The standard InChI is InChI=1S/C15H26N4O3/c1-10(2)15(4,5)9-16-14(20)19-6-7-21-12(8-19)13-17-11(3)22-18-13/h10,12H,6-9H2,1-5H3,(H,16,20)/t12-/m0/s1. The quantitative estimate of drug-likeness (QED) is 0.921. The molecule has 1 aliphatic rings. The van der Waals surface area contributed by atoms with Crippen molar-refractivity contribution in [1.29, 1.82) is 0 Å². The lowest BCUT2D eigenvalue weighted by molar-refractivity contribution is -0.0212. The Morgan fingerprint density at radius 1 is 1.50 bits per heavy atom. The Hall–Kier alpha value is -1.63. The van der Waals surface area contributed by atoms with Crippen molar-refractivity contribution in [3.05, 3.63) is 11.7 Å². The zero-order valence-corrected chi connectivity index (χ0v) is 14.0. The van der Waals surface area contributed by atoms with Gasteiger partial charge in [0.15, 0.2) is 0 Å². The lowest BCUT2D eigenvalue weighted by Crippen LogP contribution is -2.49. The molecule has 1 fully saturated rings. The van der Waals surface area contributed by atoms with Gasteiger partial charge in [0.25, 0.3) is 0 Å². The number of ether oxygens (including phenoxy) is 1. The van der Waals surface area contributed by atoms with Crippen LogP contribution in [-0.4, -0.2) is 47.3 Å². The first-order valence-corrected chi connectivity index (χ1v) is 7.74. The van der Waals surface area contributed by atoms with E-state index in [0.717, 1.165) is 0 Å². The number of carbonyl (C=O) groups excluding carboxylic acids is 1. The molecule has 0 spiro atoms. The van der Waals surface area contributed by atoms with Gasteiger partial charge in [-0.2, -0.15) is 4.98 Å². The van der Waals surface area contributed by atoms with Crippen LogP contribution in [0.25, 0.3) is 0 Å². The molecule has 1 saturated heterocycles. The summed E-state index contributed by atoms with van der Waals surface area (Å²) in [6.45, 7) is 12.5. The Morgan fingerprint density at radius 3 is 2.82 bits per heavy atom. The molecular weight excluding hydrogens is 284 g/mol. The first-order chi connectivity index (χ1) is 10.3. The highest BCUT2D eigenvalue weighted by Gasteiger charge is 2.30. The van der Waals surface area contributed by atoms with Crippen LogP contribution < -0.4 is 5.32 Å². The van der Waals surface area contributed by atoms with Gasteiger partial charge in [0.2, 0.25) is 11.7 Å². The molecule has 0 aromatic carbocycles. The van der Waals surface area contributed by atoms with E-state index in [4.69, 9.17) is 9.26 Å². The Labute approximate surface area is 131 Å². The summed E-state index contributed by atoms with van der Waals surface area (Å²) in [7, 11) is 0. The maximum Gasteiger partial charge on any atom is 0.317 e. The van der Waals surface area contributed by atoms with Gasteiger partial charge in [-0.3, -0.25) is 0 Å². The average Bonchev–Trinajstić information content (AvgIpc) is 2.91. The van der Waals surface area contributed by atoms with Gasteiger partial charge < -0.3 is 19.5 Å². The van der Waals surface area contributed by atoms with Crippen LogP contribution in [0, 0.1) is 18.3 Å². The lowest BCUT2D eigenvalue weighted by atomic mass is 9.81. The third-order valence-corrected chi connectivity index (χ3v) is 4.44. The number of rotatable bonds is 4. The zero-order valence-electron chi connectivity index (χ0n) is 14.0. The van der Waals surface area contributed by atoms with Gasteiger partial charge in [0, 0.05) is 20.0 Å². The van der Waals surface area contributed by atoms with Crippen molar-refractivity contribution in [2.75, 3.05) is 26.2 Å². The van der Waals surface area contributed by atoms with Crippen molar-refractivity contribution in [2.24, 2.45) is 11.3 Å². The summed E-state index contributed by atoms with van der Waals surface area (Å²) < 4.78 is 10.6. The third-order valence-electron chi connectivity index (χ3n) is 4.44. The summed E-state index contributed by atoms with van der Waals surface area (Å²) in [6.07, 6.45) is -0.324. The van der Waals surface area contributed by atoms with E-state index >= 15 is 0 Å². The van der Waals surface area contributed by atoms with E-state index in [-0.39, 0.29) is 17.6 Å². The largest absolute Gasteiger partial charge is 0.366 e. The molecule has 0 radical (unpaired) electrons. The Bertz CT molecular complexity index is 513. The number of aromatic nitrogens is 2. The van der Waals surface area contributed by atoms with Crippen LogP contribution in [0.5, 0.6) is 0 Å². The molecule has 0 bridgehead atoms. The smallest absolute Gasteiger partial charge is 0.317 e. The number of amides is 2. The van der Waals surface area contributed by atoms with Crippen LogP contribution in [0.2, 0.25) is 0 Å². The molecule has 124 valence electrons. The van der Waals surface area contributed by atoms with Gasteiger partial charge in [0.1, 0.15) is 6.10 Å². The molecule has 1 aliphatic heterocycles. The van der Waals surface area contributed by atoms with Crippen molar-refractivity contribution in [1.82, 2.24) is 20.4 Å². The Balaban J connectivity index is 1.90. The summed E-state index contributed by atoms with van der Waals surface area (Å²) in [5.74, 6) is 1.49. The van der Waals surface area contributed by atoms with Crippen molar-refractivity contribution in [3.8, 4) is 0 Å². The minimum Gasteiger partial charge on any atom is -0.366 e. The summed E-state index contributed by atoms with van der Waals surface area (Å²) in [6, 6.07) is -0.0674. The van der Waals surface area contributed by atoms with E-state index in [2.05, 4.69) is 43.2 Å². The molecule has 1 aromatic rings. The second-order valence-electron chi connectivity index (χ2n) is 6.78. The van der Waals surface area contributed by atoms with Crippen LogP contribution >= 0.6 is 0 Å². The number of carbonyl (C=O) groups is 1. The van der Waals surface area contributed by atoms with E-state index in [1.54, 1.807) is 11.8 Å². The van der Waals surface area contributed by atoms with E-state index in [0.29, 0.717) is 43.9 Å². The summed E-state index contributed by atoms with van der Waals surface area (Å²) in [5, 5.41) is 6.89. The Morgan fingerprint density at radius 2 is 2.23 bits per heavy atom. The third kappa shape index (κ3) is 3.97. The number of aryl methyl sites for hydroxylation is 1.